The van der Waals surface area contributed by atoms with Crippen LogP contribution >= 0.6 is 0 Å². The van der Waals surface area contributed by atoms with Crippen molar-refractivity contribution in [3.8, 4) is 6.07 Å². The molecule has 20 heavy (non-hydrogen) atoms. The standard InChI is InChI=1S/C14H20N2O3S/c1-11(10-17)4-3-7-16-20(18,19)14-8-13(9-15)6-5-12(14)2/h5-6,8,11,16-17H,3-4,7,10H2,1-2H3. The molecule has 0 amide bonds. The lowest BCUT2D eigenvalue weighted by atomic mass is 10.1. The van der Waals surface area contributed by atoms with E-state index in [4.69, 9.17) is 10.4 Å². The van der Waals surface area contributed by atoms with Gasteiger partial charge in [0, 0.05) is 13.2 Å². The van der Waals surface area contributed by atoms with Crippen molar-refractivity contribution in [2.24, 2.45) is 5.92 Å². The van der Waals surface area contributed by atoms with Gasteiger partial charge < -0.3 is 5.11 Å². The maximum atomic E-state index is 12.2. The Balaban J connectivity index is 2.72. The highest BCUT2D eigenvalue weighted by Crippen LogP contribution is 2.16. The van der Waals surface area contributed by atoms with Gasteiger partial charge in [0.15, 0.2) is 0 Å². The van der Waals surface area contributed by atoms with Crippen molar-refractivity contribution in [2.45, 2.75) is 31.6 Å². The summed E-state index contributed by atoms with van der Waals surface area (Å²) < 4.78 is 26.9. The molecule has 6 heteroatoms. The maximum absolute atomic E-state index is 12.2. The van der Waals surface area contributed by atoms with Crippen LogP contribution in [-0.4, -0.2) is 26.7 Å². The summed E-state index contributed by atoms with van der Waals surface area (Å²) in [6.07, 6.45) is 1.42. The Bertz CT molecular complexity index is 591. The molecule has 0 heterocycles. The van der Waals surface area contributed by atoms with Gasteiger partial charge in [-0.3, -0.25) is 0 Å². The molecule has 0 fully saturated rings. The molecule has 0 aliphatic carbocycles. The van der Waals surface area contributed by atoms with Crippen molar-refractivity contribution in [3.05, 3.63) is 29.3 Å². The molecule has 0 bridgehead atoms. The highest BCUT2D eigenvalue weighted by Gasteiger charge is 2.16. The second kappa shape index (κ2) is 7.39. The van der Waals surface area contributed by atoms with Crippen LogP contribution in [0.3, 0.4) is 0 Å². The molecule has 0 aromatic heterocycles. The number of hydrogen-bond acceptors (Lipinski definition) is 4. The van der Waals surface area contributed by atoms with Gasteiger partial charge in [-0.25, -0.2) is 13.1 Å². The molecule has 2 N–H and O–H groups in total. The summed E-state index contributed by atoms with van der Waals surface area (Å²) in [5.41, 5.74) is 0.935. The first kappa shape index (κ1) is 16.6. The zero-order valence-corrected chi connectivity index (χ0v) is 12.6. The zero-order valence-electron chi connectivity index (χ0n) is 11.8. The predicted octanol–water partition coefficient (Wildman–Crippen LogP) is 1.55. The summed E-state index contributed by atoms with van der Waals surface area (Å²) in [7, 11) is -3.59. The fraction of sp³-hybridized carbons (Fsp3) is 0.500. The molecule has 0 saturated heterocycles. The highest BCUT2D eigenvalue weighted by molar-refractivity contribution is 7.89. The van der Waals surface area contributed by atoms with Gasteiger partial charge in [0.2, 0.25) is 10.0 Å². The lowest BCUT2D eigenvalue weighted by Gasteiger charge is -2.11. The van der Waals surface area contributed by atoms with E-state index in [0.717, 1.165) is 6.42 Å². The molecule has 1 rings (SSSR count). The number of nitriles is 1. The number of aliphatic hydroxyl groups excluding tert-OH is 1. The minimum Gasteiger partial charge on any atom is -0.396 e. The van der Waals surface area contributed by atoms with Crippen LogP contribution in [0.1, 0.15) is 30.9 Å². The van der Waals surface area contributed by atoms with Gasteiger partial charge in [-0.15, -0.1) is 0 Å². The summed E-state index contributed by atoms with van der Waals surface area (Å²) >= 11 is 0. The topological polar surface area (TPSA) is 90.2 Å². The van der Waals surface area contributed by atoms with Crippen LogP contribution in [0.4, 0.5) is 0 Å². The van der Waals surface area contributed by atoms with Gasteiger partial charge in [-0.1, -0.05) is 13.0 Å². The highest BCUT2D eigenvalue weighted by atomic mass is 32.2. The first-order valence-corrected chi connectivity index (χ1v) is 8.00. The first-order valence-electron chi connectivity index (χ1n) is 6.52. The summed E-state index contributed by atoms with van der Waals surface area (Å²) in [5.74, 6) is 0.170. The minimum atomic E-state index is -3.59. The van der Waals surface area contributed by atoms with Crippen LogP contribution in [0, 0.1) is 24.2 Å². The van der Waals surface area contributed by atoms with Gasteiger partial charge in [0.05, 0.1) is 16.5 Å². The third-order valence-electron chi connectivity index (χ3n) is 3.08. The van der Waals surface area contributed by atoms with E-state index < -0.39 is 10.0 Å². The van der Waals surface area contributed by atoms with Crippen molar-refractivity contribution < 1.29 is 13.5 Å². The summed E-state index contributed by atoms with van der Waals surface area (Å²) in [4.78, 5) is 0.145. The second-order valence-corrected chi connectivity index (χ2v) is 6.66. The van der Waals surface area contributed by atoms with E-state index in [1.807, 2.05) is 13.0 Å². The number of nitrogens with zero attached hydrogens (tertiary/aromatic N) is 1. The van der Waals surface area contributed by atoms with E-state index in [9.17, 15) is 8.42 Å². The van der Waals surface area contributed by atoms with E-state index in [1.165, 1.54) is 6.07 Å². The normalized spacial score (nSPS) is 12.9. The lowest BCUT2D eigenvalue weighted by Crippen LogP contribution is -2.26. The molecule has 0 aliphatic rings. The Hall–Kier alpha value is -1.42. The fourth-order valence-corrected chi connectivity index (χ4v) is 3.13. The van der Waals surface area contributed by atoms with Gasteiger partial charge in [-0.2, -0.15) is 5.26 Å². The van der Waals surface area contributed by atoms with E-state index >= 15 is 0 Å². The van der Waals surface area contributed by atoms with Crippen molar-refractivity contribution in [1.82, 2.24) is 4.72 Å². The van der Waals surface area contributed by atoms with Crippen molar-refractivity contribution in [1.29, 1.82) is 5.26 Å². The van der Waals surface area contributed by atoms with Crippen molar-refractivity contribution in [2.75, 3.05) is 13.2 Å². The van der Waals surface area contributed by atoms with Gasteiger partial charge in [-0.05, 0) is 43.4 Å². The monoisotopic (exact) mass is 296 g/mol. The van der Waals surface area contributed by atoms with E-state index in [0.29, 0.717) is 24.1 Å². The number of hydrogen-bond donors (Lipinski definition) is 2. The molecule has 0 spiro atoms. The summed E-state index contributed by atoms with van der Waals surface area (Å²) in [6, 6.07) is 6.54. The van der Waals surface area contributed by atoms with Crippen LogP contribution in [0.15, 0.2) is 23.1 Å². The number of benzene rings is 1. The number of sulfonamides is 1. The maximum Gasteiger partial charge on any atom is 0.240 e. The quantitative estimate of drug-likeness (QED) is 0.747. The van der Waals surface area contributed by atoms with Gasteiger partial charge in [0.25, 0.3) is 0 Å². The SMILES string of the molecule is Cc1ccc(C#N)cc1S(=O)(=O)NCCCC(C)CO. The first-order chi connectivity index (χ1) is 9.40. The Morgan fingerprint density at radius 3 is 2.75 bits per heavy atom. The summed E-state index contributed by atoms with van der Waals surface area (Å²) in [5, 5.41) is 17.7. The Kier molecular flexibility index (Phi) is 6.14. The van der Waals surface area contributed by atoms with E-state index in [-0.39, 0.29) is 17.4 Å². The summed E-state index contributed by atoms with van der Waals surface area (Å²) in [6.45, 7) is 4.04. The van der Waals surface area contributed by atoms with Crippen LogP contribution in [0.25, 0.3) is 0 Å². The molecule has 1 aromatic carbocycles. The second-order valence-electron chi connectivity index (χ2n) is 4.92. The molecule has 0 aliphatic heterocycles. The van der Waals surface area contributed by atoms with Crippen LogP contribution in [-0.2, 0) is 10.0 Å². The molecule has 0 radical (unpaired) electrons. The lowest BCUT2D eigenvalue weighted by molar-refractivity contribution is 0.228. The third kappa shape index (κ3) is 4.60. The predicted molar refractivity (Wildman–Crippen MR) is 76.6 cm³/mol. The van der Waals surface area contributed by atoms with E-state index in [1.54, 1.807) is 19.1 Å². The van der Waals surface area contributed by atoms with Crippen LogP contribution < -0.4 is 4.72 Å². The Labute approximate surface area is 120 Å². The number of rotatable bonds is 7. The number of aliphatic hydroxyl groups is 1. The molecule has 5 nitrogen and oxygen atoms in total. The minimum absolute atomic E-state index is 0.107. The van der Waals surface area contributed by atoms with Gasteiger partial charge in [0.1, 0.15) is 0 Å². The van der Waals surface area contributed by atoms with Crippen molar-refractivity contribution in [3.63, 3.8) is 0 Å². The number of nitrogens with one attached hydrogen (secondary N) is 1. The fourth-order valence-electron chi connectivity index (χ4n) is 1.79. The Morgan fingerprint density at radius 2 is 2.15 bits per heavy atom. The Morgan fingerprint density at radius 1 is 1.45 bits per heavy atom. The van der Waals surface area contributed by atoms with Gasteiger partial charge >= 0.3 is 0 Å². The average Bonchev–Trinajstić information content (AvgIpc) is 2.43. The number of aryl methyl sites for hydroxylation is 1. The van der Waals surface area contributed by atoms with Crippen LogP contribution in [0.2, 0.25) is 0 Å². The largest absolute Gasteiger partial charge is 0.396 e. The molecule has 1 atom stereocenters. The molecule has 0 saturated carbocycles. The average molecular weight is 296 g/mol. The molecule has 1 unspecified atom stereocenters. The van der Waals surface area contributed by atoms with Crippen molar-refractivity contribution >= 4 is 10.0 Å². The molecular weight excluding hydrogens is 276 g/mol. The van der Waals surface area contributed by atoms with Crippen LogP contribution in [0.5, 0.6) is 0 Å². The third-order valence-corrected chi connectivity index (χ3v) is 4.69. The van der Waals surface area contributed by atoms with E-state index in [2.05, 4.69) is 4.72 Å². The smallest absolute Gasteiger partial charge is 0.240 e. The molecule has 110 valence electrons. The molecule has 1 aromatic rings. The molecular formula is C14H20N2O3S. The zero-order chi connectivity index (χ0) is 15.2.